The van der Waals surface area contributed by atoms with Gasteiger partial charge in [0, 0.05) is 18.6 Å². The first-order valence-electron chi connectivity index (χ1n) is 7.28. The number of rotatable bonds is 3. The van der Waals surface area contributed by atoms with Crippen LogP contribution in [0.3, 0.4) is 0 Å². The van der Waals surface area contributed by atoms with Gasteiger partial charge in [0.1, 0.15) is 30.5 Å². The van der Waals surface area contributed by atoms with Gasteiger partial charge in [-0.3, -0.25) is 0 Å². The highest BCUT2D eigenvalue weighted by atomic mass is 16.7. The molecule has 4 unspecified atom stereocenters. The fraction of sp³-hybridized carbons (Fsp3) is 1.00. The summed E-state index contributed by atoms with van der Waals surface area (Å²) in [7, 11) is 0. The summed E-state index contributed by atoms with van der Waals surface area (Å²) in [5, 5.41) is 39.6. The van der Waals surface area contributed by atoms with Gasteiger partial charge in [-0.05, 0) is 6.42 Å². The Morgan fingerprint density at radius 3 is 2.14 bits per heavy atom. The molecule has 0 aromatic rings. The minimum atomic E-state index is -1.31. The summed E-state index contributed by atoms with van der Waals surface area (Å²) in [6, 6.07) is -2.34. The fourth-order valence-corrected chi connectivity index (χ4v) is 2.89. The summed E-state index contributed by atoms with van der Waals surface area (Å²) < 4.78 is 11.0. The molecule has 10 atom stereocenters. The smallest absolute Gasteiger partial charge is 0.176 e. The maximum Gasteiger partial charge on any atom is 0.176 e. The second kappa shape index (κ2) is 7.01. The highest BCUT2D eigenvalue weighted by Crippen LogP contribution is 2.26. The minimum absolute atomic E-state index is 0.0441. The molecule has 0 aromatic heterocycles. The number of hydrogen-bond acceptors (Lipinski definition) is 10. The zero-order chi connectivity index (χ0) is 16.6. The molecule has 2 fully saturated rings. The zero-order valence-corrected chi connectivity index (χ0v) is 12.1. The van der Waals surface area contributed by atoms with Crippen molar-refractivity contribution < 1.29 is 29.9 Å². The normalized spacial score (nSPS) is 53.5. The van der Waals surface area contributed by atoms with Crippen LogP contribution in [0.4, 0.5) is 0 Å². The Kier molecular flexibility index (Phi) is 5.72. The van der Waals surface area contributed by atoms with E-state index in [4.69, 9.17) is 32.4 Å². The lowest BCUT2D eigenvalue weighted by atomic mass is 9.84. The van der Waals surface area contributed by atoms with E-state index in [0.29, 0.717) is 0 Å². The van der Waals surface area contributed by atoms with Gasteiger partial charge in [-0.1, -0.05) is 0 Å². The molecule has 1 aliphatic heterocycles. The summed E-state index contributed by atoms with van der Waals surface area (Å²) in [5.74, 6) is 0. The average molecular weight is 322 g/mol. The molecule has 2 rings (SSSR count). The lowest BCUT2D eigenvalue weighted by Gasteiger charge is -2.45. The quantitative estimate of drug-likeness (QED) is 0.248. The van der Waals surface area contributed by atoms with E-state index < -0.39 is 61.0 Å². The van der Waals surface area contributed by atoms with Crippen molar-refractivity contribution >= 4 is 0 Å². The van der Waals surface area contributed by atoms with Gasteiger partial charge in [-0.15, -0.1) is 0 Å². The van der Waals surface area contributed by atoms with Crippen LogP contribution in [0, 0.1) is 0 Å². The lowest BCUT2D eigenvalue weighted by molar-refractivity contribution is -0.287. The van der Waals surface area contributed by atoms with Gasteiger partial charge in [0.25, 0.3) is 0 Å². The third kappa shape index (κ3) is 3.26. The van der Waals surface area contributed by atoms with E-state index in [-0.39, 0.29) is 13.0 Å². The topological polar surface area (TPSA) is 203 Å². The number of hydrogen-bond donors (Lipinski definition) is 8. The first-order valence-corrected chi connectivity index (χ1v) is 7.28. The van der Waals surface area contributed by atoms with Crippen LogP contribution in [0.5, 0.6) is 0 Å². The first kappa shape index (κ1) is 17.9. The highest BCUT2D eigenvalue weighted by molar-refractivity contribution is 4.99. The summed E-state index contributed by atoms with van der Waals surface area (Å²) in [6.45, 7) is -0.0441. The Bertz CT molecular complexity index is 376. The fourth-order valence-electron chi connectivity index (χ4n) is 2.89. The Labute approximate surface area is 128 Å². The van der Waals surface area contributed by atoms with E-state index in [9.17, 15) is 20.4 Å². The third-order valence-electron chi connectivity index (χ3n) is 4.36. The van der Waals surface area contributed by atoms with E-state index >= 15 is 0 Å². The number of ether oxygens (including phenoxy) is 2. The van der Waals surface area contributed by atoms with Crippen LogP contribution < -0.4 is 22.9 Å². The first-order chi connectivity index (χ1) is 10.3. The number of aliphatic hydroxyl groups is 4. The van der Waals surface area contributed by atoms with Gasteiger partial charge in [-0.25, -0.2) is 0 Å². The van der Waals surface area contributed by atoms with Gasteiger partial charge in [0.2, 0.25) is 0 Å². The molecule has 2 aliphatic rings. The second-order valence-electron chi connectivity index (χ2n) is 5.98. The van der Waals surface area contributed by atoms with Gasteiger partial charge in [0.05, 0.1) is 12.1 Å². The van der Waals surface area contributed by atoms with Gasteiger partial charge >= 0.3 is 0 Å². The molecule has 1 saturated heterocycles. The molecule has 12 N–H and O–H groups in total. The molecule has 10 heteroatoms. The molecule has 130 valence electrons. The Hall–Kier alpha value is -0.400. The second-order valence-corrected chi connectivity index (χ2v) is 5.98. The van der Waals surface area contributed by atoms with E-state index in [0.717, 1.165) is 0 Å². The van der Waals surface area contributed by atoms with E-state index in [1.165, 1.54) is 0 Å². The van der Waals surface area contributed by atoms with E-state index in [1.807, 2.05) is 0 Å². The van der Waals surface area contributed by atoms with E-state index in [1.54, 1.807) is 0 Å². The maximum atomic E-state index is 10.1. The SMILES string of the molecule is NCC1O[C@H](O[C@@H]2C(N)C[C@@H](N)C(O)[C@H]2O)C(N)[C@@H](O)[C@@H]1O. The van der Waals surface area contributed by atoms with Gasteiger partial charge < -0.3 is 52.8 Å². The van der Waals surface area contributed by atoms with Crippen LogP contribution in [0.25, 0.3) is 0 Å². The molecule has 1 aliphatic carbocycles. The molecule has 1 heterocycles. The maximum absolute atomic E-state index is 10.1. The van der Waals surface area contributed by atoms with Crippen LogP contribution in [0.15, 0.2) is 0 Å². The predicted octanol–water partition coefficient (Wildman–Crippen LogP) is -5.12. The Balaban J connectivity index is 2.08. The Morgan fingerprint density at radius 1 is 0.909 bits per heavy atom. The molecular formula is C12H26N4O6. The van der Waals surface area contributed by atoms with Crippen molar-refractivity contribution in [1.82, 2.24) is 0 Å². The minimum Gasteiger partial charge on any atom is -0.389 e. The summed E-state index contributed by atoms with van der Waals surface area (Å²) in [5.41, 5.74) is 22.8. The van der Waals surface area contributed by atoms with Crippen molar-refractivity contribution in [3.63, 3.8) is 0 Å². The number of nitrogens with two attached hydrogens (primary N) is 4. The van der Waals surface area contributed by atoms with Crippen molar-refractivity contribution in [3.8, 4) is 0 Å². The molecule has 0 bridgehead atoms. The summed E-state index contributed by atoms with van der Waals surface area (Å²) in [6.07, 6.45) is -7.73. The third-order valence-corrected chi connectivity index (χ3v) is 4.36. The van der Waals surface area contributed by atoms with Crippen molar-refractivity contribution in [3.05, 3.63) is 0 Å². The molecule has 22 heavy (non-hydrogen) atoms. The van der Waals surface area contributed by atoms with Gasteiger partial charge in [0.15, 0.2) is 6.29 Å². The monoisotopic (exact) mass is 322 g/mol. The predicted molar refractivity (Wildman–Crippen MR) is 75.2 cm³/mol. The molecule has 0 radical (unpaired) electrons. The molecular weight excluding hydrogens is 296 g/mol. The van der Waals surface area contributed by atoms with Crippen LogP contribution in [0.1, 0.15) is 6.42 Å². The Morgan fingerprint density at radius 2 is 1.55 bits per heavy atom. The largest absolute Gasteiger partial charge is 0.389 e. The van der Waals surface area contributed by atoms with Crippen molar-refractivity contribution in [2.75, 3.05) is 6.54 Å². The van der Waals surface area contributed by atoms with E-state index in [2.05, 4.69) is 0 Å². The molecule has 0 amide bonds. The van der Waals surface area contributed by atoms with Crippen molar-refractivity contribution in [1.29, 1.82) is 0 Å². The molecule has 0 spiro atoms. The summed E-state index contributed by atoms with van der Waals surface area (Å²) in [4.78, 5) is 0. The van der Waals surface area contributed by atoms with Crippen LogP contribution in [0.2, 0.25) is 0 Å². The molecule has 1 saturated carbocycles. The van der Waals surface area contributed by atoms with Crippen LogP contribution >= 0.6 is 0 Å². The highest BCUT2D eigenvalue weighted by Gasteiger charge is 2.47. The van der Waals surface area contributed by atoms with Crippen molar-refractivity contribution in [2.24, 2.45) is 22.9 Å². The molecule has 10 nitrogen and oxygen atoms in total. The van der Waals surface area contributed by atoms with Gasteiger partial charge in [-0.2, -0.15) is 0 Å². The molecule has 0 aromatic carbocycles. The van der Waals surface area contributed by atoms with Crippen LogP contribution in [-0.2, 0) is 9.47 Å². The van der Waals surface area contributed by atoms with Crippen LogP contribution in [-0.4, -0.2) is 88.0 Å². The standard InChI is InChI=1S/C12H26N4O6/c13-2-5-8(18)9(19)6(16)12(21-5)22-11-4(15)1-3(14)7(17)10(11)20/h3-12,17-20H,1-2,13-16H2/t3-,4?,5?,6?,7?,8-,9-,10-,11-,12-/m1/s1. The lowest BCUT2D eigenvalue weighted by Crippen LogP contribution is -2.67. The zero-order valence-electron chi connectivity index (χ0n) is 12.1. The van der Waals surface area contributed by atoms with Crippen molar-refractivity contribution in [2.45, 2.75) is 67.5 Å². The average Bonchev–Trinajstić information content (AvgIpc) is 2.49. The number of aliphatic hydroxyl groups excluding tert-OH is 4. The summed E-state index contributed by atoms with van der Waals surface area (Å²) >= 11 is 0.